The van der Waals surface area contributed by atoms with Crippen LogP contribution in [-0.2, 0) is 4.74 Å². The third-order valence-corrected chi connectivity index (χ3v) is 3.35. The Hall–Kier alpha value is -0.870. The van der Waals surface area contributed by atoms with Crippen LogP contribution in [-0.4, -0.2) is 29.5 Å². The number of halogens is 1. The molecule has 0 aliphatic carbocycles. The predicted octanol–water partition coefficient (Wildman–Crippen LogP) is 2.34. The van der Waals surface area contributed by atoms with E-state index in [1.807, 2.05) is 13.8 Å². The molecule has 1 aromatic rings. The maximum absolute atomic E-state index is 5.89. The van der Waals surface area contributed by atoms with Crippen LogP contribution in [0.2, 0.25) is 5.15 Å². The fourth-order valence-corrected chi connectivity index (χ4v) is 1.94. The molecule has 1 saturated heterocycles. The number of anilines is 1. The predicted molar refractivity (Wildman–Crippen MR) is 64.0 cm³/mol. The molecule has 1 N–H and O–H groups in total. The largest absolute Gasteiger partial charge is 0.376 e. The van der Waals surface area contributed by atoms with Crippen molar-refractivity contribution >= 4 is 17.4 Å². The standard InChI is InChI=1S/C11H16ClN3O/c1-7-8(2)11(15-14-10(7)12)13-6-9-4-3-5-16-9/h9H,3-6H2,1-2H3,(H,13,15). The van der Waals surface area contributed by atoms with Crippen LogP contribution in [0.4, 0.5) is 5.82 Å². The number of rotatable bonds is 3. The van der Waals surface area contributed by atoms with E-state index < -0.39 is 0 Å². The van der Waals surface area contributed by atoms with Gasteiger partial charge in [0.2, 0.25) is 0 Å². The van der Waals surface area contributed by atoms with E-state index in [9.17, 15) is 0 Å². The van der Waals surface area contributed by atoms with Crippen molar-refractivity contribution in [3.05, 3.63) is 16.3 Å². The van der Waals surface area contributed by atoms with Gasteiger partial charge in [-0.1, -0.05) is 11.6 Å². The molecular formula is C11H16ClN3O. The van der Waals surface area contributed by atoms with Crippen LogP contribution in [0.3, 0.4) is 0 Å². The van der Waals surface area contributed by atoms with Crippen LogP contribution >= 0.6 is 11.6 Å². The summed E-state index contributed by atoms with van der Waals surface area (Å²) in [5, 5.41) is 11.7. The summed E-state index contributed by atoms with van der Waals surface area (Å²) in [6, 6.07) is 0. The van der Waals surface area contributed by atoms with E-state index in [-0.39, 0.29) is 0 Å². The van der Waals surface area contributed by atoms with E-state index in [2.05, 4.69) is 15.5 Å². The average Bonchev–Trinajstić information content (AvgIpc) is 2.78. The molecule has 88 valence electrons. The first-order valence-electron chi connectivity index (χ1n) is 5.53. The van der Waals surface area contributed by atoms with Gasteiger partial charge in [-0.3, -0.25) is 0 Å². The monoisotopic (exact) mass is 241 g/mol. The Balaban J connectivity index is 2.01. The van der Waals surface area contributed by atoms with Gasteiger partial charge in [0.25, 0.3) is 0 Å². The molecule has 0 saturated carbocycles. The van der Waals surface area contributed by atoms with Gasteiger partial charge >= 0.3 is 0 Å². The molecule has 1 unspecified atom stereocenters. The van der Waals surface area contributed by atoms with Crippen LogP contribution in [0.1, 0.15) is 24.0 Å². The zero-order chi connectivity index (χ0) is 11.5. The van der Waals surface area contributed by atoms with Crippen molar-refractivity contribution in [2.75, 3.05) is 18.5 Å². The topological polar surface area (TPSA) is 47.0 Å². The summed E-state index contributed by atoms with van der Waals surface area (Å²) in [4.78, 5) is 0. The Bertz CT molecular complexity index is 378. The average molecular weight is 242 g/mol. The lowest BCUT2D eigenvalue weighted by Gasteiger charge is -2.13. The Labute approximate surface area is 100 Å². The number of ether oxygens (including phenoxy) is 1. The van der Waals surface area contributed by atoms with Gasteiger partial charge in [0.1, 0.15) is 0 Å². The molecule has 0 bridgehead atoms. The maximum atomic E-state index is 5.89. The first-order chi connectivity index (χ1) is 7.68. The summed E-state index contributed by atoms with van der Waals surface area (Å²) >= 11 is 5.89. The molecular weight excluding hydrogens is 226 g/mol. The number of hydrogen-bond donors (Lipinski definition) is 1. The van der Waals surface area contributed by atoms with E-state index in [0.717, 1.165) is 42.9 Å². The van der Waals surface area contributed by atoms with Gasteiger partial charge in [0, 0.05) is 13.2 Å². The quantitative estimate of drug-likeness (QED) is 0.883. The fraction of sp³-hybridized carbons (Fsp3) is 0.636. The Morgan fingerprint density at radius 3 is 2.88 bits per heavy atom. The van der Waals surface area contributed by atoms with E-state index in [1.165, 1.54) is 0 Å². The molecule has 16 heavy (non-hydrogen) atoms. The van der Waals surface area contributed by atoms with Crippen molar-refractivity contribution in [2.24, 2.45) is 0 Å². The maximum Gasteiger partial charge on any atom is 0.155 e. The molecule has 1 aliphatic rings. The van der Waals surface area contributed by atoms with Crippen molar-refractivity contribution < 1.29 is 4.74 Å². The first-order valence-corrected chi connectivity index (χ1v) is 5.91. The van der Waals surface area contributed by atoms with Crippen molar-refractivity contribution in [1.82, 2.24) is 10.2 Å². The molecule has 1 fully saturated rings. The SMILES string of the molecule is Cc1c(Cl)nnc(NCC2CCCO2)c1C. The smallest absolute Gasteiger partial charge is 0.155 e. The molecule has 2 heterocycles. The second-order valence-electron chi connectivity index (χ2n) is 4.11. The second kappa shape index (κ2) is 4.97. The van der Waals surface area contributed by atoms with Gasteiger partial charge < -0.3 is 10.1 Å². The van der Waals surface area contributed by atoms with Crippen molar-refractivity contribution in [3.63, 3.8) is 0 Å². The molecule has 1 aromatic heterocycles. The van der Waals surface area contributed by atoms with E-state index in [0.29, 0.717) is 11.3 Å². The van der Waals surface area contributed by atoms with Gasteiger partial charge in [-0.15, -0.1) is 10.2 Å². The van der Waals surface area contributed by atoms with Gasteiger partial charge in [-0.25, -0.2) is 0 Å². The summed E-state index contributed by atoms with van der Waals surface area (Å²) in [5.41, 5.74) is 2.03. The van der Waals surface area contributed by atoms with Crippen LogP contribution in [0, 0.1) is 13.8 Å². The van der Waals surface area contributed by atoms with Gasteiger partial charge in [0.15, 0.2) is 11.0 Å². The Morgan fingerprint density at radius 1 is 1.38 bits per heavy atom. The van der Waals surface area contributed by atoms with Crippen molar-refractivity contribution in [3.8, 4) is 0 Å². The third kappa shape index (κ3) is 2.44. The lowest BCUT2D eigenvalue weighted by Crippen LogP contribution is -2.20. The molecule has 1 atom stereocenters. The minimum absolute atomic E-state index is 0.303. The molecule has 0 spiro atoms. The van der Waals surface area contributed by atoms with E-state index in [1.54, 1.807) is 0 Å². The second-order valence-corrected chi connectivity index (χ2v) is 4.46. The molecule has 5 heteroatoms. The van der Waals surface area contributed by atoms with Crippen LogP contribution in [0.25, 0.3) is 0 Å². The molecule has 2 rings (SSSR count). The Kier molecular flexibility index (Phi) is 3.61. The molecule has 0 amide bonds. The normalized spacial score (nSPS) is 20.1. The number of aromatic nitrogens is 2. The van der Waals surface area contributed by atoms with E-state index >= 15 is 0 Å². The van der Waals surface area contributed by atoms with Gasteiger partial charge in [-0.2, -0.15) is 0 Å². The lowest BCUT2D eigenvalue weighted by molar-refractivity contribution is 0.120. The number of nitrogens with zero attached hydrogens (tertiary/aromatic N) is 2. The minimum atomic E-state index is 0.303. The van der Waals surface area contributed by atoms with Crippen molar-refractivity contribution in [1.29, 1.82) is 0 Å². The van der Waals surface area contributed by atoms with Gasteiger partial charge in [-0.05, 0) is 37.8 Å². The summed E-state index contributed by atoms with van der Waals surface area (Å²) < 4.78 is 5.53. The highest BCUT2D eigenvalue weighted by molar-refractivity contribution is 6.30. The van der Waals surface area contributed by atoms with Gasteiger partial charge in [0.05, 0.1) is 6.10 Å². The zero-order valence-corrected chi connectivity index (χ0v) is 10.3. The summed E-state index contributed by atoms with van der Waals surface area (Å²) in [6.07, 6.45) is 2.57. The summed E-state index contributed by atoms with van der Waals surface area (Å²) in [7, 11) is 0. The molecule has 1 aliphatic heterocycles. The number of nitrogens with one attached hydrogen (secondary N) is 1. The number of hydrogen-bond acceptors (Lipinski definition) is 4. The fourth-order valence-electron chi connectivity index (χ4n) is 1.76. The lowest BCUT2D eigenvalue weighted by atomic mass is 10.2. The highest BCUT2D eigenvalue weighted by atomic mass is 35.5. The zero-order valence-electron chi connectivity index (χ0n) is 9.59. The van der Waals surface area contributed by atoms with Crippen molar-refractivity contribution in [2.45, 2.75) is 32.8 Å². The highest BCUT2D eigenvalue weighted by Crippen LogP contribution is 2.21. The van der Waals surface area contributed by atoms with E-state index in [4.69, 9.17) is 16.3 Å². The molecule has 0 radical (unpaired) electrons. The van der Waals surface area contributed by atoms with Crippen LogP contribution in [0.15, 0.2) is 0 Å². The third-order valence-electron chi connectivity index (χ3n) is 2.99. The first kappa shape index (κ1) is 11.6. The Morgan fingerprint density at radius 2 is 2.19 bits per heavy atom. The van der Waals surface area contributed by atoms with Crippen LogP contribution in [0.5, 0.6) is 0 Å². The highest BCUT2D eigenvalue weighted by Gasteiger charge is 2.16. The minimum Gasteiger partial charge on any atom is -0.376 e. The summed E-state index contributed by atoms with van der Waals surface area (Å²) in [6.45, 7) is 5.60. The summed E-state index contributed by atoms with van der Waals surface area (Å²) in [5.74, 6) is 0.803. The van der Waals surface area contributed by atoms with Crippen LogP contribution < -0.4 is 5.32 Å². The molecule has 0 aromatic carbocycles. The molecule has 4 nitrogen and oxygen atoms in total.